The van der Waals surface area contributed by atoms with Crippen LogP contribution in [0.25, 0.3) is 0 Å². The van der Waals surface area contributed by atoms with Crippen molar-refractivity contribution in [2.24, 2.45) is 0 Å². The Morgan fingerprint density at radius 2 is 1.48 bits per heavy atom. The first-order valence-corrected chi connectivity index (χ1v) is 7.97. The molecule has 0 atom stereocenters. The van der Waals surface area contributed by atoms with Crippen LogP contribution in [0.15, 0.2) is 59.5 Å². The topological polar surface area (TPSA) is 68.3 Å². The van der Waals surface area contributed by atoms with Gasteiger partial charge in [0.25, 0.3) is 0 Å². The standard InChI is InChI=1S/C16H14O4S/c1-12-7-9-14(10-8-12)21(19,20)11-15(17)16(18)13-5-3-2-4-6-13/h2-10H,11H2,1H3. The number of carbonyl (C=O) groups is 2. The Morgan fingerprint density at radius 3 is 2.05 bits per heavy atom. The van der Waals surface area contributed by atoms with Crippen LogP contribution in [-0.2, 0) is 14.6 Å². The maximum Gasteiger partial charge on any atom is 0.229 e. The van der Waals surface area contributed by atoms with Crippen molar-refractivity contribution in [2.75, 3.05) is 5.75 Å². The highest BCUT2D eigenvalue weighted by atomic mass is 32.2. The summed E-state index contributed by atoms with van der Waals surface area (Å²) < 4.78 is 24.2. The molecule has 108 valence electrons. The molecule has 2 rings (SSSR count). The van der Waals surface area contributed by atoms with E-state index in [9.17, 15) is 18.0 Å². The lowest BCUT2D eigenvalue weighted by Gasteiger charge is -2.04. The monoisotopic (exact) mass is 302 g/mol. The summed E-state index contributed by atoms with van der Waals surface area (Å²) in [4.78, 5) is 23.8. The molecule has 0 unspecified atom stereocenters. The van der Waals surface area contributed by atoms with Gasteiger partial charge in [-0.05, 0) is 19.1 Å². The Hall–Kier alpha value is -2.27. The van der Waals surface area contributed by atoms with Crippen molar-refractivity contribution in [3.63, 3.8) is 0 Å². The predicted molar refractivity (Wildman–Crippen MR) is 79.0 cm³/mol. The fourth-order valence-corrected chi connectivity index (χ4v) is 3.01. The van der Waals surface area contributed by atoms with Crippen molar-refractivity contribution < 1.29 is 18.0 Å². The molecule has 0 bridgehead atoms. The zero-order valence-electron chi connectivity index (χ0n) is 11.4. The Labute approximate surface area is 123 Å². The van der Waals surface area contributed by atoms with Gasteiger partial charge in [0, 0.05) is 5.56 Å². The third-order valence-electron chi connectivity index (χ3n) is 2.99. The molecule has 2 aromatic carbocycles. The molecular formula is C16H14O4S. The summed E-state index contributed by atoms with van der Waals surface area (Å²) in [7, 11) is -3.80. The Balaban J connectivity index is 2.19. The number of carbonyl (C=O) groups excluding carboxylic acids is 2. The van der Waals surface area contributed by atoms with Crippen molar-refractivity contribution in [1.82, 2.24) is 0 Å². The molecule has 0 spiro atoms. The molecule has 0 saturated carbocycles. The molecule has 0 fully saturated rings. The normalized spacial score (nSPS) is 11.1. The molecule has 0 N–H and O–H groups in total. The quantitative estimate of drug-likeness (QED) is 0.627. The molecule has 4 nitrogen and oxygen atoms in total. The average Bonchev–Trinajstić information content (AvgIpc) is 2.47. The SMILES string of the molecule is Cc1ccc(S(=O)(=O)CC(=O)C(=O)c2ccccc2)cc1. The summed E-state index contributed by atoms with van der Waals surface area (Å²) in [6.07, 6.45) is 0. The Morgan fingerprint density at radius 1 is 0.905 bits per heavy atom. The largest absolute Gasteiger partial charge is 0.289 e. The summed E-state index contributed by atoms with van der Waals surface area (Å²) in [6, 6.07) is 14.1. The van der Waals surface area contributed by atoms with Gasteiger partial charge in [0.05, 0.1) is 4.90 Å². The van der Waals surface area contributed by atoms with Crippen LogP contribution in [0.2, 0.25) is 0 Å². The van der Waals surface area contributed by atoms with Gasteiger partial charge in [0.1, 0.15) is 5.75 Å². The maximum absolute atomic E-state index is 12.1. The molecule has 0 radical (unpaired) electrons. The van der Waals surface area contributed by atoms with Gasteiger partial charge < -0.3 is 0 Å². The zero-order valence-corrected chi connectivity index (χ0v) is 12.3. The number of sulfone groups is 1. The van der Waals surface area contributed by atoms with Gasteiger partial charge in [-0.2, -0.15) is 0 Å². The molecule has 0 aliphatic heterocycles. The lowest BCUT2D eigenvalue weighted by molar-refractivity contribution is -0.112. The highest BCUT2D eigenvalue weighted by Crippen LogP contribution is 2.13. The molecule has 0 aliphatic rings. The van der Waals surface area contributed by atoms with E-state index < -0.39 is 27.2 Å². The van der Waals surface area contributed by atoms with Crippen LogP contribution in [0.4, 0.5) is 0 Å². The number of hydrogen-bond acceptors (Lipinski definition) is 4. The average molecular weight is 302 g/mol. The number of benzene rings is 2. The van der Waals surface area contributed by atoms with Crippen molar-refractivity contribution in [3.05, 3.63) is 65.7 Å². The van der Waals surface area contributed by atoms with Crippen molar-refractivity contribution in [3.8, 4) is 0 Å². The molecule has 0 heterocycles. The molecule has 0 saturated heterocycles. The molecular weight excluding hydrogens is 288 g/mol. The number of Topliss-reactive ketones (excluding diaryl/α,β-unsaturated/α-hetero) is 2. The van der Waals surface area contributed by atoms with E-state index in [-0.39, 0.29) is 10.5 Å². The summed E-state index contributed by atoms with van der Waals surface area (Å²) in [5.41, 5.74) is 1.11. The van der Waals surface area contributed by atoms with Crippen molar-refractivity contribution in [1.29, 1.82) is 0 Å². The fourth-order valence-electron chi connectivity index (χ4n) is 1.82. The summed E-state index contributed by atoms with van der Waals surface area (Å²) in [5.74, 6) is -2.53. The lowest BCUT2D eigenvalue weighted by Crippen LogP contribution is -2.24. The molecule has 21 heavy (non-hydrogen) atoms. The van der Waals surface area contributed by atoms with Gasteiger partial charge in [-0.1, -0.05) is 48.0 Å². The Kier molecular flexibility index (Phi) is 4.33. The number of aryl methyl sites for hydroxylation is 1. The number of hydrogen-bond donors (Lipinski definition) is 0. The fraction of sp³-hybridized carbons (Fsp3) is 0.125. The first-order chi connectivity index (χ1) is 9.90. The minimum absolute atomic E-state index is 0.0438. The van der Waals surface area contributed by atoms with Gasteiger partial charge in [-0.3, -0.25) is 9.59 Å². The van der Waals surface area contributed by atoms with Crippen molar-refractivity contribution in [2.45, 2.75) is 11.8 Å². The highest BCUT2D eigenvalue weighted by molar-refractivity contribution is 7.92. The smallest absolute Gasteiger partial charge is 0.229 e. The highest BCUT2D eigenvalue weighted by Gasteiger charge is 2.24. The van der Waals surface area contributed by atoms with E-state index in [2.05, 4.69) is 0 Å². The summed E-state index contributed by atoms with van der Waals surface area (Å²) >= 11 is 0. The van der Waals surface area contributed by atoms with Gasteiger partial charge in [-0.25, -0.2) is 8.42 Å². The third kappa shape index (κ3) is 3.64. The van der Waals surface area contributed by atoms with Crippen LogP contribution in [0.5, 0.6) is 0 Å². The molecule has 0 aliphatic carbocycles. The van der Waals surface area contributed by atoms with E-state index in [1.165, 1.54) is 24.3 Å². The van der Waals surface area contributed by atoms with E-state index in [4.69, 9.17) is 0 Å². The molecule has 0 amide bonds. The van der Waals surface area contributed by atoms with Gasteiger partial charge >= 0.3 is 0 Å². The first-order valence-electron chi connectivity index (χ1n) is 6.32. The van der Waals surface area contributed by atoms with Crippen LogP contribution in [0.1, 0.15) is 15.9 Å². The van der Waals surface area contributed by atoms with E-state index >= 15 is 0 Å². The summed E-state index contributed by atoms with van der Waals surface area (Å²) in [5, 5.41) is 0. The van der Waals surface area contributed by atoms with Crippen molar-refractivity contribution >= 4 is 21.4 Å². The van der Waals surface area contributed by atoms with Crippen LogP contribution >= 0.6 is 0 Å². The number of ketones is 2. The third-order valence-corrected chi connectivity index (χ3v) is 4.62. The second-order valence-electron chi connectivity index (χ2n) is 4.69. The second kappa shape index (κ2) is 6.01. The second-order valence-corrected chi connectivity index (χ2v) is 6.68. The van der Waals surface area contributed by atoms with Crippen LogP contribution in [0, 0.1) is 6.92 Å². The van der Waals surface area contributed by atoms with E-state index in [1.807, 2.05) is 6.92 Å². The predicted octanol–water partition coefficient (Wildman–Crippen LogP) is 2.22. The van der Waals surface area contributed by atoms with E-state index in [0.717, 1.165) is 5.56 Å². The Bertz CT molecular complexity index is 760. The molecule has 2 aromatic rings. The van der Waals surface area contributed by atoms with Crippen LogP contribution in [0.3, 0.4) is 0 Å². The van der Waals surface area contributed by atoms with Gasteiger partial charge in [0.15, 0.2) is 9.84 Å². The molecule has 5 heteroatoms. The van der Waals surface area contributed by atoms with Crippen LogP contribution in [-0.4, -0.2) is 25.7 Å². The number of rotatable bonds is 5. The van der Waals surface area contributed by atoms with E-state index in [0.29, 0.717) is 0 Å². The lowest BCUT2D eigenvalue weighted by atomic mass is 10.1. The zero-order chi connectivity index (χ0) is 15.5. The summed E-state index contributed by atoms with van der Waals surface area (Å²) in [6.45, 7) is 1.83. The van der Waals surface area contributed by atoms with Gasteiger partial charge in [-0.15, -0.1) is 0 Å². The minimum atomic E-state index is -3.80. The first kappa shape index (κ1) is 15.1. The van der Waals surface area contributed by atoms with Gasteiger partial charge in [0.2, 0.25) is 11.6 Å². The van der Waals surface area contributed by atoms with Crippen LogP contribution < -0.4 is 0 Å². The maximum atomic E-state index is 12.1. The molecule has 0 aromatic heterocycles. The van der Waals surface area contributed by atoms with E-state index in [1.54, 1.807) is 30.3 Å². The minimum Gasteiger partial charge on any atom is -0.289 e.